The van der Waals surface area contributed by atoms with Crippen LogP contribution in [0.25, 0.3) is 0 Å². The third kappa shape index (κ3) is 1.31. The van der Waals surface area contributed by atoms with Gasteiger partial charge in [-0.1, -0.05) is 6.92 Å². The lowest BCUT2D eigenvalue weighted by molar-refractivity contribution is 0.268. The first kappa shape index (κ1) is 11.4. The Labute approximate surface area is 110 Å². The third-order valence-electron chi connectivity index (χ3n) is 4.35. The SMILES string of the molecule is CN1CC[C@@]2(C)c3cc(O)cc(Br)c3N(C)[C@@H]12. The van der Waals surface area contributed by atoms with Crippen LogP contribution in [0.15, 0.2) is 16.6 Å². The molecule has 1 aromatic carbocycles. The molecule has 2 aliphatic rings. The number of anilines is 1. The quantitative estimate of drug-likeness (QED) is 0.797. The van der Waals surface area contributed by atoms with Crippen molar-refractivity contribution in [3.63, 3.8) is 0 Å². The average molecular weight is 297 g/mol. The maximum absolute atomic E-state index is 9.80. The highest BCUT2D eigenvalue weighted by Gasteiger charge is 2.52. The molecule has 0 amide bonds. The zero-order valence-electron chi connectivity index (χ0n) is 10.4. The van der Waals surface area contributed by atoms with Gasteiger partial charge in [-0.2, -0.15) is 0 Å². The Balaban J connectivity index is 2.25. The van der Waals surface area contributed by atoms with E-state index < -0.39 is 0 Å². The fourth-order valence-corrected chi connectivity index (χ4v) is 4.37. The third-order valence-corrected chi connectivity index (χ3v) is 4.96. The normalized spacial score (nSPS) is 31.8. The zero-order chi connectivity index (χ0) is 12.4. The smallest absolute Gasteiger partial charge is 0.117 e. The zero-order valence-corrected chi connectivity index (χ0v) is 12.0. The van der Waals surface area contributed by atoms with Gasteiger partial charge in [0, 0.05) is 23.5 Å². The van der Waals surface area contributed by atoms with E-state index in [1.165, 1.54) is 11.3 Å². The Morgan fingerprint density at radius 3 is 2.82 bits per heavy atom. The number of rotatable bonds is 0. The molecule has 0 spiro atoms. The number of nitrogens with zero attached hydrogens (tertiary/aromatic N) is 2. The molecule has 0 radical (unpaired) electrons. The second kappa shape index (κ2) is 3.39. The highest BCUT2D eigenvalue weighted by molar-refractivity contribution is 9.10. The van der Waals surface area contributed by atoms with Crippen molar-refractivity contribution < 1.29 is 5.11 Å². The number of benzene rings is 1. The van der Waals surface area contributed by atoms with E-state index in [9.17, 15) is 5.11 Å². The molecule has 17 heavy (non-hydrogen) atoms. The second-order valence-corrected chi connectivity index (χ2v) is 6.31. The van der Waals surface area contributed by atoms with Gasteiger partial charge in [-0.3, -0.25) is 4.90 Å². The van der Waals surface area contributed by atoms with Crippen LogP contribution in [0.3, 0.4) is 0 Å². The number of hydrogen-bond acceptors (Lipinski definition) is 3. The number of aromatic hydroxyl groups is 1. The Kier molecular flexibility index (Phi) is 2.26. The van der Waals surface area contributed by atoms with Crippen LogP contribution in [0.5, 0.6) is 5.75 Å². The summed E-state index contributed by atoms with van der Waals surface area (Å²) in [6.07, 6.45) is 1.54. The van der Waals surface area contributed by atoms with E-state index in [-0.39, 0.29) is 5.41 Å². The maximum Gasteiger partial charge on any atom is 0.117 e. The minimum atomic E-state index is 0.125. The number of phenols is 1. The van der Waals surface area contributed by atoms with E-state index in [0.717, 1.165) is 17.4 Å². The lowest BCUT2D eigenvalue weighted by atomic mass is 9.81. The highest BCUT2D eigenvalue weighted by atomic mass is 79.9. The van der Waals surface area contributed by atoms with Crippen molar-refractivity contribution in [2.45, 2.75) is 24.9 Å². The minimum Gasteiger partial charge on any atom is -0.508 e. The Morgan fingerprint density at radius 2 is 2.12 bits per heavy atom. The maximum atomic E-state index is 9.80. The van der Waals surface area contributed by atoms with Gasteiger partial charge in [-0.25, -0.2) is 0 Å². The molecule has 0 bridgehead atoms. The van der Waals surface area contributed by atoms with Crippen molar-refractivity contribution in [1.82, 2.24) is 4.90 Å². The summed E-state index contributed by atoms with van der Waals surface area (Å²) in [6.45, 7) is 3.41. The molecule has 1 aromatic rings. The molecule has 1 saturated heterocycles. The molecule has 0 aromatic heterocycles. The Bertz CT molecular complexity index is 491. The summed E-state index contributed by atoms with van der Waals surface area (Å²) in [5.74, 6) is 0.348. The standard InChI is InChI=1S/C13H17BrN2O/c1-13-4-5-15(2)12(13)16(3)11-9(13)6-8(17)7-10(11)14/h6-7,12,17H,4-5H2,1-3H3/t12-,13+/m1/s1. The second-order valence-electron chi connectivity index (χ2n) is 5.46. The van der Waals surface area contributed by atoms with Crippen LogP contribution in [0.2, 0.25) is 0 Å². The predicted octanol–water partition coefficient (Wildman–Crippen LogP) is 2.52. The van der Waals surface area contributed by atoms with Crippen LogP contribution in [0.1, 0.15) is 18.9 Å². The number of halogens is 1. The molecular weight excluding hydrogens is 280 g/mol. The fraction of sp³-hybridized carbons (Fsp3) is 0.538. The van der Waals surface area contributed by atoms with Crippen LogP contribution >= 0.6 is 15.9 Å². The Morgan fingerprint density at radius 1 is 1.41 bits per heavy atom. The van der Waals surface area contributed by atoms with Crippen molar-refractivity contribution in [3.8, 4) is 5.75 Å². The summed E-state index contributed by atoms with van der Waals surface area (Å²) < 4.78 is 0.985. The number of fused-ring (bicyclic) bond motifs is 3. The minimum absolute atomic E-state index is 0.125. The van der Waals surface area contributed by atoms with Crippen molar-refractivity contribution >= 4 is 21.6 Å². The van der Waals surface area contributed by atoms with Crippen molar-refractivity contribution in [3.05, 3.63) is 22.2 Å². The van der Waals surface area contributed by atoms with Gasteiger partial charge in [0.15, 0.2) is 0 Å². The summed E-state index contributed by atoms with van der Waals surface area (Å²) in [6, 6.07) is 3.70. The molecule has 92 valence electrons. The highest BCUT2D eigenvalue weighted by Crippen LogP contribution is 2.54. The van der Waals surface area contributed by atoms with Crippen molar-refractivity contribution in [2.24, 2.45) is 0 Å². The first-order valence-electron chi connectivity index (χ1n) is 5.91. The number of hydrogen-bond donors (Lipinski definition) is 1. The van der Waals surface area contributed by atoms with Crippen LogP contribution in [0.4, 0.5) is 5.69 Å². The predicted molar refractivity (Wildman–Crippen MR) is 72.6 cm³/mol. The molecule has 2 heterocycles. The molecule has 0 aliphatic carbocycles. The van der Waals surface area contributed by atoms with Crippen molar-refractivity contribution in [1.29, 1.82) is 0 Å². The molecule has 1 fully saturated rings. The number of likely N-dealkylation sites (N-methyl/N-ethyl adjacent to an activating group) is 2. The number of phenolic OH excluding ortho intramolecular Hbond substituents is 1. The molecule has 4 heteroatoms. The van der Waals surface area contributed by atoms with Gasteiger partial charge >= 0.3 is 0 Å². The first-order chi connectivity index (χ1) is 7.95. The molecule has 0 unspecified atom stereocenters. The van der Waals surface area contributed by atoms with E-state index in [4.69, 9.17) is 0 Å². The summed E-state index contributed by atoms with van der Waals surface area (Å²) in [7, 11) is 4.31. The Hall–Kier alpha value is -0.740. The molecule has 2 aliphatic heterocycles. The lowest BCUT2D eigenvalue weighted by Crippen LogP contribution is -2.45. The van der Waals surface area contributed by atoms with Gasteiger partial charge in [0.2, 0.25) is 0 Å². The van der Waals surface area contributed by atoms with Crippen LogP contribution < -0.4 is 4.90 Å². The summed E-state index contributed by atoms with van der Waals surface area (Å²) >= 11 is 3.57. The molecular formula is C13H17BrN2O. The van der Waals surface area contributed by atoms with Gasteiger partial charge in [-0.05, 0) is 47.1 Å². The van der Waals surface area contributed by atoms with Crippen molar-refractivity contribution in [2.75, 3.05) is 25.5 Å². The summed E-state index contributed by atoms with van der Waals surface area (Å²) in [5, 5.41) is 9.80. The van der Waals surface area contributed by atoms with E-state index in [1.54, 1.807) is 6.07 Å². The topological polar surface area (TPSA) is 26.7 Å². The van der Waals surface area contributed by atoms with Crippen LogP contribution in [0, 0.1) is 0 Å². The fourth-order valence-electron chi connectivity index (χ4n) is 3.64. The average Bonchev–Trinajstić information content (AvgIpc) is 2.64. The number of likely N-dealkylation sites (tertiary alicyclic amines) is 1. The van der Waals surface area contributed by atoms with E-state index >= 15 is 0 Å². The van der Waals surface area contributed by atoms with E-state index in [1.807, 2.05) is 6.07 Å². The van der Waals surface area contributed by atoms with Gasteiger partial charge in [0.25, 0.3) is 0 Å². The van der Waals surface area contributed by atoms with Gasteiger partial charge < -0.3 is 10.0 Å². The molecule has 2 atom stereocenters. The van der Waals surface area contributed by atoms with E-state index in [2.05, 4.69) is 46.7 Å². The van der Waals surface area contributed by atoms with Crippen LogP contribution in [-0.2, 0) is 5.41 Å². The molecule has 3 rings (SSSR count). The van der Waals surface area contributed by atoms with Gasteiger partial charge in [0.05, 0.1) is 11.9 Å². The molecule has 0 saturated carbocycles. The lowest BCUT2D eigenvalue weighted by Gasteiger charge is -2.32. The summed E-state index contributed by atoms with van der Waals surface area (Å²) in [4.78, 5) is 4.72. The van der Waals surface area contributed by atoms with Gasteiger partial charge in [-0.15, -0.1) is 0 Å². The summed E-state index contributed by atoms with van der Waals surface area (Å²) in [5.41, 5.74) is 2.61. The largest absolute Gasteiger partial charge is 0.508 e. The van der Waals surface area contributed by atoms with E-state index in [0.29, 0.717) is 11.9 Å². The molecule has 1 N–H and O–H groups in total. The monoisotopic (exact) mass is 296 g/mol. The van der Waals surface area contributed by atoms with Gasteiger partial charge in [0.1, 0.15) is 5.75 Å². The van der Waals surface area contributed by atoms with Crippen LogP contribution in [-0.4, -0.2) is 36.8 Å². The first-order valence-corrected chi connectivity index (χ1v) is 6.70. The molecule has 3 nitrogen and oxygen atoms in total.